The number of fused-ring (bicyclic) bond motifs is 3. The van der Waals surface area contributed by atoms with Crippen molar-refractivity contribution in [2.45, 2.75) is 83.0 Å². The number of nitrogens with one attached hydrogen (secondary N) is 2. The quantitative estimate of drug-likeness (QED) is 0.235. The van der Waals surface area contributed by atoms with Gasteiger partial charge in [0, 0.05) is 34.1 Å². The van der Waals surface area contributed by atoms with Crippen molar-refractivity contribution in [1.29, 1.82) is 0 Å². The minimum atomic E-state index is -4.50. The summed E-state index contributed by atoms with van der Waals surface area (Å²) < 4.78 is 47.1. The van der Waals surface area contributed by atoms with Gasteiger partial charge in [-0.05, 0) is 94.5 Å². The van der Waals surface area contributed by atoms with Crippen molar-refractivity contribution in [3.63, 3.8) is 0 Å². The van der Waals surface area contributed by atoms with Gasteiger partial charge in [0.25, 0.3) is 0 Å². The third-order valence-corrected chi connectivity index (χ3v) is 8.60. The maximum atomic E-state index is 13.8. The summed E-state index contributed by atoms with van der Waals surface area (Å²) >= 11 is 0. The van der Waals surface area contributed by atoms with Gasteiger partial charge >= 0.3 is 6.18 Å². The highest BCUT2D eigenvalue weighted by Gasteiger charge is 2.49. The third-order valence-electron chi connectivity index (χ3n) is 8.60. The number of pyridine rings is 1. The number of alkyl halides is 3. The molecule has 1 heterocycles. The fraction of sp³-hybridized carbons (Fsp3) is 0.531. The van der Waals surface area contributed by atoms with Crippen LogP contribution in [0, 0.1) is 18.8 Å². The molecule has 0 saturated heterocycles. The van der Waals surface area contributed by atoms with Crippen LogP contribution in [0.15, 0.2) is 48.5 Å². The predicted molar refractivity (Wildman–Crippen MR) is 153 cm³/mol. The van der Waals surface area contributed by atoms with Crippen LogP contribution in [0.1, 0.15) is 70.1 Å². The van der Waals surface area contributed by atoms with E-state index in [-0.39, 0.29) is 17.9 Å². The molecule has 0 spiro atoms. The van der Waals surface area contributed by atoms with Crippen molar-refractivity contribution in [2.75, 3.05) is 18.5 Å². The molecule has 0 radical (unpaired) electrons. The molecule has 0 aliphatic heterocycles. The van der Waals surface area contributed by atoms with Gasteiger partial charge in [-0.3, -0.25) is 4.98 Å². The third kappa shape index (κ3) is 6.55. The Balaban J connectivity index is 1.24. The van der Waals surface area contributed by atoms with Gasteiger partial charge in [0.2, 0.25) is 0 Å². The lowest BCUT2D eigenvalue weighted by Crippen LogP contribution is -2.58. The molecule has 8 heteroatoms. The van der Waals surface area contributed by atoms with Gasteiger partial charge < -0.3 is 20.5 Å². The Kier molecular flexibility index (Phi) is 8.03. The van der Waals surface area contributed by atoms with E-state index in [4.69, 9.17) is 4.74 Å². The first-order chi connectivity index (χ1) is 19.0. The lowest BCUT2D eigenvalue weighted by Gasteiger charge is -2.53. The fourth-order valence-electron chi connectivity index (χ4n) is 7.19. The molecule has 4 unspecified atom stereocenters. The van der Waals surface area contributed by atoms with E-state index >= 15 is 0 Å². The average Bonchev–Trinajstić information content (AvgIpc) is 2.86. The van der Waals surface area contributed by atoms with Gasteiger partial charge in [-0.25, -0.2) is 0 Å². The first-order valence-corrected chi connectivity index (χ1v) is 14.4. The Morgan fingerprint density at radius 1 is 1.10 bits per heavy atom. The Hall–Kier alpha value is -2.84. The second kappa shape index (κ2) is 11.2. The average molecular weight is 556 g/mol. The molecule has 2 aromatic carbocycles. The van der Waals surface area contributed by atoms with Crippen LogP contribution < -0.4 is 15.4 Å². The molecule has 1 aromatic heterocycles. The summed E-state index contributed by atoms with van der Waals surface area (Å²) in [6, 6.07) is 13.1. The molecule has 5 rings (SSSR count). The maximum absolute atomic E-state index is 13.8. The van der Waals surface area contributed by atoms with E-state index in [9.17, 15) is 18.3 Å². The van der Waals surface area contributed by atoms with Crippen LogP contribution in [0.3, 0.4) is 0 Å². The molecule has 216 valence electrons. The van der Waals surface area contributed by atoms with E-state index < -0.39 is 17.3 Å². The van der Waals surface area contributed by atoms with Crippen molar-refractivity contribution in [3.05, 3.63) is 59.8 Å². The highest BCUT2D eigenvalue weighted by Crippen LogP contribution is 2.49. The zero-order chi connectivity index (χ0) is 28.5. The summed E-state index contributed by atoms with van der Waals surface area (Å²) in [7, 11) is 0. The summed E-state index contributed by atoms with van der Waals surface area (Å²) in [5, 5.41) is 18.9. The van der Waals surface area contributed by atoms with Crippen LogP contribution in [0.2, 0.25) is 0 Å². The fourth-order valence-corrected chi connectivity index (χ4v) is 7.19. The molecule has 2 aliphatic carbocycles. The summed E-state index contributed by atoms with van der Waals surface area (Å²) in [6.07, 6.45) is 1.81. The highest BCUT2D eigenvalue weighted by atomic mass is 19.4. The van der Waals surface area contributed by atoms with Gasteiger partial charge in [0.1, 0.15) is 5.75 Å². The Morgan fingerprint density at radius 2 is 1.90 bits per heavy atom. The van der Waals surface area contributed by atoms with Crippen LogP contribution in [-0.4, -0.2) is 34.4 Å². The molecule has 0 amide bonds. The van der Waals surface area contributed by atoms with E-state index in [0.717, 1.165) is 67.3 Å². The second-order valence-electron chi connectivity index (χ2n) is 12.2. The first kappa shape index (κ1) is 28.7. The van der Waals surface area contributed by atoms with Crippen molar-refractivity contribution >= 4 is 22.3 Å². The first-order valence-electron chi connectivity index (χ1n) is 14.4. The maximum Gasteiger partial charge on any atom is 0.416 e. The number of anilines is 2. The van der Waals surface area contributed by atoms with Crippen LogP contribution in [0.25, 0.3) is 10.9 Å². The van der Waals surface area contributed by atoms with Crippen molar-refractivity contribution in [2.24, 2.45) is 11.8 Å². The molecule has 2 saturated carbocycles. The number of hydrogen-bond acceptors (Lipinski definition) is 5. The molecular weight excluding hydrogens is 515 g/mol. The van der Waals surface area contributed by atoms with E-state index in [0.29, 0.717) is 36.2 Å². The van der Waals surface area contributed by atoms with Gasteiger partial charge in [-0.15, -0.1) is 0 Å². The molecular formula is C32H40F3N3O2. The van der Waals surface area contributed by atoms with Crippen molar-refractivity contribution in [1.82, 2.24) is 10.3 Å². The molecule has 2 bridgehead atoms. The van der Waals surface area contributed by atoms with E-state index in [2.05, 4.69) is 29.5 Å². The van der Waals surface area contributed by atoms with E-state index in [1.807, 2.05) is 37.3 Å². The van der Waals surface area contributed by atoms with Crippen molar-refractivity contribution in [3.8, 4) is 5.75 Å². The number of aromatic nitrogens is 1. The normalized spacial score (nSPS) is 26.6. The number of nitrogens with zero attached hydrogens (tertiary/aromatic N) is 1. The monoisotopic (exact) mass is 555 g/mol. The smallest absolute Gasteiger partial charge is 0.416 e. The van der Waals surface area contributed by atoms with Crippen LogP contribution in [0.5, 0.6) is 5.75 Å². The number of rotatable bonds is 9. The number of aryl methyl sites for hydroxylation is 1. The van der Waals surface area contributed by atoms with E-state index in [1.165, 1.54) is 0 Å². The number of ether oxygens (including phenoxy) is 1. The summed E-state index contributed by atoms with van der Waals surface area (Å²) in [5.41, 5.74) is 1.08. The molecule has 2 fully saturated rings. The molecule has 40 heavy (non-hydrogen) atoms. The lowest BCUT2D eigenvalue weighted by atomic mass is 9.59. The standard InChI is InChI=1S/C32H40F3N3O2/c1-4-30(18-23-12-21(2)17-31(39,19-23)20-30)36-10-7-11-40-26-15-24(32(33,34)35)14-25(16-26)38-29-13-22(3)37-28-9-6-5-8-27(28)29/h5-6,8-9,13-16,21,23,36,39H,4,7,10-12,17-20H2,1-3H3,(H,37,38). The topological polar surface area (TPSA) is 66.4 Å². The van der Waals surface area contributed by atoms with Crippen LogP contribution in [-0.2, 0) is 6.18 Å². The summed E-state index contributed by atoms with van der Waals surface area (Å²) in [5.74, 6) is 1.26. The summed E-state index contributed by atoms with van der Waals surface area (Å²) in [4.78, 5) is 4.51. The zero-order valence-corrected chi connectivity index (χ0v) is 23.6. The number of halogens is 3. The Labute approximate surface area is 234 Å². The van der Waals surface area contributed by atoms with Crippen LogP contribution in [0.4, 0.5) is 24.5 Å². The minimum absolute atomic E-state index is 0.101. The van der Waals surface area contributed by atoms with Gasteiger partial charge in [-0.2, -0.15) is 13.2 Å². The van der Waals surface area contributed by atoms with Gasteiger partial charge in [-0.1, -0.05) is 32.0 Å². The van der Waals surface area contributed by atoms with Gasteiger partial charge in [0.15, 0.2) is 0 Å². The zero-order valence-electron chi connectivity index (χ0n) is 23.6. The lowest BCUT2D eigenvalue weighted by molar-refractivity contribution is -0.137. The Morgan fingerprint density at radius 3 is 2.65 bits per heavy atom. The number of hydrogen-bond donors (Lipinski definition) is 3. The molecule has 3 N–H and O–H groups in total. The SMILES string of the molecule is CCC1(NCCCOc2cc(Nc3cc(C)nc4ccccc34)cc(C(F)(F)F)c2)CC2CC(C)CC(O)(C2)C1. The number of para-hydroxylation sites is 1. The molecule has 3 aromatic rings. The second-order valence-corrected chi connectivity index (χ2v) is 12.2. The van der Waals surface area contributed by atoms with Gasteiger partial charge in [0.05, 0.1) is 23.3 Å². The molecule has 2 aliphatic rings. The minimum Gasteiger partial charge on any atom is -0.493 e. The highest BCUT2D eigenvalue weighted by molar-refractivity contribution is 5.93. The van der Waals surface area contributed by atoms with Crippen LogP contribution >= 0.6 is 0 Å². The number of aliphatic hydroxyl groups is 1. The summed E-state index contributed by atoms with van der Waals surface area (Å²) in [6.45, 7) is 7.22. The Bertz CT molecular complexity index is 1340. The van der Waals surface area contributed by atoms with E-state index in [1.54, 1.807) is 6.07 Å². The van der Waals surface area contributed by atoms with Crippen molar-refractivity contribution < 1.29 is 23.0 Å². The predicted octanol–water partition coefficient (Wildman–Crippen LogP) is 7.77. The number of benzene rings is 2. The molecule has 5 nitrogen and oxygen atoms in total. The largest absolute Gasteiger partial charge is 0.493 e. The molecule has 4 atom stereocenters.